The Morgan fingerprint density at radius 3 is 2.59 bits per heavy atom. The number of hydrogen-bond acceptors (Lipinski definition) is 7. The minimum atomic E-state index is -0.699. The topological polar surface area (TPSA) is 93.9 Å². The molecule has 3 aromatic rings. The van der Waals surface area contributed by atoms with Crippen LogP contribution in [-0.2, 0) is 21.4 Å². The fraction of sp³-hybridized carbons (Fsp3) is 0.444. The van der Waals surface area contributed by atoms with Crippen LogP contribution in [0, 0.1) is 5.82 Å². The maximum Gasteiger partial charge on any atom is 0.274 e. The lowest BCUT2D eigenvalue weighted by Crippen LogP contribution is -2.58. The number of methoxy groups -OCH3 is 1. The van der Waals surface area contributed by atoms with Gasteiger partial charge in [-0.15, -0.1) is 11.3 Å². The number of nitrogens with zero attached hydrogens (tertiary/aromatic N) is 3. The van der Waals surface area contributed by atoms with Gasteiger partial charge in [-0.05, 0) is 38.0 Å². The van der Waals surface area contributed by atoms with Gasteiger partial charge in [-0.1, -0.05) is 19.1 Å². The molecule has 0 saturated carbocycles. The quantitative estimate of drug-likeness (QED) is 0.399. The third-order valence-electron chi connectivity index (χ3n) is 6.78. The molecule has 4 rings (SSSR count). The van der Waals surface area contributed by atoms with Crippen molar-refractivity contribution in [3.8, 4) is 16.3 Å². The lowest BCUT2D eigenvalue weighted by Gasteiger charge is -2.46. The predicted molar refractivity (Wildman–Crippen MR) is 140 cm³/mol. The molecule has 0 unspecified atom stereocenters. The lowest BCUT2D eigenvalue weighted by molar-refractivity contribution is -0.0108. The normalized spacial score (nSPS) is 17.5. The molecule has 37 heavy (non-hydrogen) atoms. The van der Waals surface area contributed by atoms with Crippen LogP contribution >= 0.6 is 11.3 Å². The largest absolute Gasteiger partial charge is 0.503 e. The molecule has 0 spiro atoms. The molecule has 1 atom stereocenters. The van der Waals surface area contributed by atoms with Crippen molar-refractivity contribution in [2.45, 2.75) is 45.2 Å². The third-order valence-corrected chi connectivity index (χ3v) is 7.81. The molecular formula is C27H32FN3O5S. The summed E-state index contributed by atoms with van der Waals surface area (Å²) in [5, 5.41) is 11.5. The fourth-order valence-corrected chi connectivity index (χ4v) is 5.52. The molecule has 0 aliphatic carbocycles. The van der Waals surface area contributed by atoms with Crippen LogP contribution in [0.2, 0.25) is 0 Å². The molecule has 1 aromatic carbocycles. The first-order valence-electron chi connectivity index (χ1n) is 12.3. The van der Waals surface area contributed by atoms with E-state index in [1.165, 1.54) is 23.5 Å². The van der Waals surface area contributed by atoms with Gasteiger partial charge < -0.3 is 24.0 Å². The van der Waals surface area contributed by atoms with Crippen LogP contribution in [0.1, 0.15) is 48.1 Å². The summed E-state index contributed by atoms with van der Waals surface area (Å²) in [6.07, 6.45) is 4.44. The Balaban J connectivity index is 1.78. The van der Waals surface area contributed by atoms with Gasteiger partial charge in [0, 0.05) is 43.4 Å². The Morgan fingerprint density at radius 1 is 1.22 bits per heavy atom. The minimum absolute atomic E-state index is 0.0333. The van der Waals surface area contributed by atoms with Gasteiger partial charge in [-0.2, -0.15) is 0 Å². The summed E-state index contributed by atoms with van der Waals surface area (Å²) in [4.78, 5) is 33.7. The van der Waals surface area contributed by atoms with Gasteiger partial charge >= 0.3 is 0 Å². The number of fused-ring (bicyclic) bond motifs is 1. The van der Waals surface area contributed by atoms with Crippen molar-refractivity contribution in [1.82, 2.24) is 14.5 Å². The van der Waals surface area contributed by atoms with Crippen LogP contribution in [0.5, 0.6) is 5.75 Å². The second-order valence-electron chi connectivity index (χ2n) is 9.52. The van der Waals surface area contributed by atoms with E-state index in [9.17, 15) is 19.1 Å². The number of carbonyl (C=O) groups excluding carboxylic acids is 1. The zero-order chi connectivity index (χ0) is 26.7. The maximum absolute atomic E-state index is 13.4. The van der Waals surface area contributed by atoms with E-state index in [0.717, 1.165) is 10.4 Å². The van der Waals surface area contributed by atoms with Gasteiger partial charge in [0.05, 0.1) is 30.9 Å². The molecule has 0 saturated heterocycles. The third kappa shape index (κ3) is 5.32. The Bertz CT molecular complexity index is 1320. The standard InChI is InChI=1S/C27H32FN3O5S/c1-5-27(16-36-11-10-35-4)15-30(17(2)3)26(34)22-24(33)23(32)21(14-31(22)27)25-29-13-20(37-25)12-18-6-8-19(28)9-7-18/h6-9,13-14,17,33H,5,10-12,15-16H2,1-4H3/t27-/m1/s1. The highest BCUT2D eigenvalue weighted by Gasteiger charge is 2.44. The predicted octanol–water partition coefficient (Wildman–Crippen LogP) is 4.04. The summed E-state index contributed by atoms with van der Waals surface area (Å²) in [6.45, 7) is 7.25. The molecule has 1 amide bonds. The molecule has 3 heterocycles. The number of aromatic nitrogens is 2. The summed E-state index contributed by atoms with van der Waals surface area (Å²) < 4.78 is 26.0. The van der Waals surface area contributed by atoms with Crippen LogP contribution in [0.3, 0.4) is 0 Å². The molecule has 1 N–H and O–H groups in total. The fourth-order valence-electron chi connectivity index (χ4n) is 4.57. The zero-order valence-corrected chi connectivity index (χ0v) is 22.3. The molecule has 10 heteroatoms. The highest BCUT2D eigenvalue weighted by atomic mass is 32.1. The van der Waals surface area contributed by atoms with Gasteiger partial charge in [0.1, 0.15) is 10.8 Å². The molecule has 2 aromatic heterocycles. The summed E-state index contributed by atoms with van der Waals surface area (Å²) in [5.74, 6) is -1.28. The molecule has 1 aliphatic heterocycles. The number of halogens is 1. The number of ether oxygens (including phenoxy) is 2. The van der Waals surface area contributed by atoms with E-state index in [0.29, 0.717) is 37.6 Å². The van der Waals surface area contributed by atoms with E-state index >= 15 is 0 Å². The van der Waals surface area contributed by atoms with Gasteiger partial charge in [0.25, 0.3) is 5.91 Å². The average molecular weight is 530 g/mol. The number of aromatic hydroxyl groups is 1. The summed E-state index contributed by atoms with van der Waals surface area (Å²) >= 11 is 1.32. The number of amides is 1. The van der Waals surface area contributed by atoms with Gasteiger partial charge in [-0.3, -0.25) is 9.59 Å². The first kappa shape index (κ1) is 27.0. The van der Waals surface area contributed by atoms with E-state index in [1.807, 2.05) is 20.8 Å². The van der Waals surface area contributed by atoms with Crippen molar-refractivity contribution in [2.24, 2.45) is 0 Å². The molecule has 1 aliphatic rings. The maximum atomic E-state index is 13.4. The number of benzene rings is 1. The van der Waals surface area contributed by atoms with E-state index in [4.69, 9.17) is 9.47 Å². The summed E-state index contributed by atoms with van der Waals surface area (Å²) in [6, 6.07) is 6.09. The average Bonchev–Trinajstić information content (AvgIpc) is 3.34. The van der Waals surface area contributed by atoms with Crippen molar-refractivity contribution in [1.29, 1.82) is 0 Å². The van der Waals surface area contributed by atoms with Gasteiger partial charge in [0.15, 0.2) is 11.4 Å². The number of rotatable bonds is 10. The molecule has 0 radical (unpaired) electrons. The molecule has 8 nitrogen and oxygen atoms in total. The Kier molecular flexibility index (Phi) is 8.11. The van der Waals surface area contributed by atoms with Crippen LogP contribution in [0.15, 0.2) is 41.5 Å². The van der Waals surface area contributed by atoms with Gasteiger partial charge in [-0.25, -0.2) is 9.37 Å². The molecule has 198 valence electrons. The molecule has 0 bridgehead atoms. The number of thiazole rings is 1. The number of hydrogen-bond donors (Lipinski definition) is 1. The first-order valence-corrected chi connectivity index (χ1v) is 13.1. The van der Waals surface area contributed by atoms with Crippen LogP contribution in [0.4, 0.5) is 4.39 Å². The van der Waals surface area contributed by atoms with Gasteiger partial charge in [0.2, 0.25) is 5.43 Å². The number of carbonyl (C=O) groups is 1. The van der Waals surface area contributed by atoms with Crippen LogP contribution < -0.4 is 5.43 Å². The molecule has 0 fully saturated rings. The monoisotopic (exact) mass is 529 g/mol. The van der Waals surface area contributed by atoms with Crippen LogP contribution in [-0.4, -0.2) is 65.0 Å². The second-order valence-corrected chi connectivity index (χ2v) is 10.6. The van der Waals surface area contributed by atoms with Crippen molar-refractivity contribution >= 4 is 17.2 Å². The Morgan fingerprint density at radius 2 is 1.95 bits per heavy atom. The highest BCUT2D eigenvalue weighted by Crippen LogP contribution is 2.36. The Labute approximate surface area is 219 Å². The second kappa shape index (κ2) is 11.1. The van der Waals surface area contributed by atoms with E-state index in [1.54, 1.807) is 41.1 Å². The number of pyridine rings is 1. The minimum Gasteiger partial charge on any atom is -0.503 e. The van der Waals surface area contributed by atoms with Crippen molar-refractivity contribution in [3.63, 3.8) is 0 Å². The Hall–Kier alpha value is -3.08. The summed E-state index contributed by atoms with van der Waals surface area (Å²) in [5.41, 5.74) is -0.237. The zero-order valence-electron chi connectivity index (χ0n) is 21.5. The van der Waals surface area contributed by atoms with E-state index in [2.05, 4.69) is 4.98 Å². The first-order chi connectivity index (χ1) is 17.7. The van der Waals surface area contributed by atoms with Crippen molar-refractivity contribution in [3.05, 3.63) is 68.8 Å². The van der Waals surface area contributed by atoms with E-state index < -0.39 is 22.6 Å². The highest BCUT2D eigenvalue weighted by molar-refractivity contribution is 7.15. The smallest absolute Gasteiger partial charge is 0.274 e. The lowest BCUT2D eigenvalue weighted by atomic mass is 9.90. The van der Waals surface area contributed by atoms with E-state index in [-0.39, 0.29) is 29.7 Å². The molecular weight excluding hydrogens is 497 g/mol. The van der Waals surface area contributed by atoms with Crippen molar-refractivity contribution in [2.75, 3.05) is 33.5 Å². The van der Waals surface area contributed by atoms with Crippen LogP contribution in [0.25, 0.3) is 10.6 Å². The SMILES string of the molecule is CC[C@]1(COCCOC)CN(C(C)C)C(=O)c2c(O)c(=O)c(-c3ncc(Cc4ccc(F)cc4)s3)cn21. The van der Waals surface area contributed by atoms with Crippen molar-refractivity contribution < 1.29 is 23.8 Å². The summed E-state index contributed by atoms with van der Waals surface area (Å²) in [7, 11) is 1.60.